The Morgan fingerprint density at radius 2 is 1.84 bits per heavy atom. The number of hydrogen-bond acceptors (Lipinski definition) is 3. The smallest absolute Gasteiger partial charge is 0.119 e. The SMILES string of the molecule is CC(C)Oc1ccc(CNc2cccc(O)c2)cc1. The van der Waals surface area contributed by atoms with E-state index in [1.165, 1.54) is 5.56 Å². The molecule has 0 aliphatic rings. The van der Waals surface area contributed by atoms with E-state index in [2.05, 4.69) is 5.32 Å². The second-order valence-electron chi connectivity index (χ2n) is 4.71. The van der Waals surface area contributed by atoms with Crippen LogP contribution < -0.4 is 10.1 Å². The van der Waals surface area contributed by atoms with Crippen LogP contribution in [0.1, 0.15) is 19.4 Å². The molecule has 0 bridgehead atoms. The van der Waals surface area contributed by atoms with Gasteiger partial charge in [0.25, 0.3) is 0 Å². The van der Waals surface area contributed by atoms with Crippen LogP contribution in [0.3, 0.4) is 0 Å². The Labute approximate surface area is 113 Å². The monoisotopic (exact) mass is 257 g/mol. The van der Waals surface area contributed by atoms with Crippen molar-refractivity contribution >= 4 is 5.69 Å². The molecule has 100 valence electrons. The first-order valence-corrected chi connectivity index (χ1v) is 6.42. The van der Waals surface area contributed by atoms with E-state index in [0.29, 0.717) is 6.54 Å². The zero-order chi connectivity index (χ0) is 13.7. The van der Waals surface area contributed by atoms with Crippen LogP contribution in [-0.4, -0.2) is 11.2 Å². The number of phenols is 1. The van der Waals surface area contributed by atoms with Gasteiger partial charge in [-0.1, -0.05) is 18.2 Å². The van der Waals surface area contributed by atoms with E-state index in [1.54, 1.807) is 12.1 Å². The number of benzene rings is 2. The molecule has 0 heterocycles. The van der Waals surface area contributed by atoms with Crippen LogP contribution in [0.15, 0.2) is 48.5 Å². The lowest BCUT2D eigenvalue weighted by Crippen LogP contribution is -2.05. The lowest BCUT2D eigenvalue weighted by molar-refractivity contribution is 0.242. The largest absolute Gasteiger partial charge is 0.508 e. The Morgan fingerprint density at radius 1 is 1.11 bits per heavy atom. The molecule has 19 heavy (non-hydrogen) atoms. The minimum absolute atomic E-state index is 0.191. The lowest BCUT2D eigenvalue weighted by Gasteiger charge is -2.11. The van der Waals surface area contributed by atoms with Crippen LogP contribution in [0, 0.1) is 0 Å². The van der Waals surface area contributed by atoms with Crippen molar-refractivity contribution in [2.24, 2.45) is 0 Å². The van der Waals surface area contributed by atoms with Crippen molar-refractivity contribution in [1.29, 1.82) is 0 Å². The number of aromatic hydroxyl groups is 1. The van der Waals surface area contributed by atoms with E-state index < -0.39 is 0 Å². The van der Waals surface area contributed by atoms with E-state index in [1.807, 2.05) is 50.2 Å². The van der Waals surface area contributed by atoms with Crippen molar-refractivity contribution in [2.45, 2.75) is 26.5 Å². The molecule has 0 fully saturated rings. The van der Waals surface area contributed by atoms with Gasteiger partial charge in [0, 0.05) is 18.3 Å². The van der Waals surface area contributed by atoms with Gasteiger partial charge in [0.2, 0.25) is 0 Å². The molecule has 3 nitrogen and oxygen atoms in total. The Balaban J connectivity index is 1.93. The van der Waals surface area contributed by atoms with Gasteiger partial charge in [-0.05, 0) is 43.7 Å². The van der Waals surface area contributed by atoms with Crippen LogP contribution in [0.5, 0.6) is 11.5 Å². The van der Waals surface area contributed by atoms with Gasteiger partial charge in [0.1, 0.15) is 11.5 Å². The first kappa shape index (κ1) is 13.3. The minimum atomic E-state index is 0.191. The minimum Gasteiger partial charge on any atom is -0.508 e. The second-order valence-corrected chi connectivity index (χ2v) is 4.71. The molecule has 0 unspecified atom stereocenters. The Kier molecular flexibility index (Phi) is 4.29. The van der Waals surface area contributed by atoms with Crippen LogP contribution in [0.25, 0.3) is 0 Å². The van der Waals surface area contributed by atoms with E-state index in [0.717, 1.165) is 11.4 Å². The molecule has 0 saturated carbocycles. The maximum Gasteiger partial charge on any atom is 0.119 e. The van der Waals surface area contributed by atoms with Crippen LogP contribution in [0.2, 0.25) is 0 Å². The highest BCUT2D eigenvalue weighted by Gasteiger charge is 1.99. The fourth-order valence-electron chi connectivity index (χ4n) is 1.78. The molecule has 0 spiro atoms. The van der Waals surface area contributed by atoms with E-state index in [-0.39, 0.29) is 11.9 Å². The molecular formula is C16H19NO2. The van der Waals surface area contributed by atoms with Crippen LogP contribution in [-0.2, 0) is 6.54 Å². The fourth-order valence-corrected chi connectivity index (χ4v) is 1.78. The summed E-state index contributed by atoms with van der Waals surface area (Å²) < 4.78 is 5.59. The first-order valence-electron chi connectivity index (χ1n) is 6.42. The third kappa shape index (κ3) is 4.21. The summed E-state index contributed by atoms with van der Waals surface area (Å²) in [6, 6.07) is 15.1. The predicted octanol–water partition coefficient (Wildman–Crippen LogP) is 3.79. The average Bonchev–Trinajstić information content (AvgIpc) is 2.37. The molecule has 2 N–H and O–H groups in total. The van der Waals surface area contributed by atoms with Gasteiger partial charge in [-0.2, -0.15) is 0 Å². The number of rotatable bonds is 5. The number of nitrogens with one attached hydrogen (secondary N) is 1. The van der Waals surface area contributed by atoms with Crippen molar-refractivity contribution in [1.82, 2.24) is 0 Å². The van der Waals surface area contributed by atoms with Crippen LogP contribution >= 0.6 is 0 Å². The van der Waals surface area contributed by atoms with Gasteiger partial charge >= 0.3 is 0 Å². The summed E-state index contributed by atoms with van der Waals surface area (Å²) in [5, 5.41) is 12.6. The maximum atomic E-state index is 9.37. The molecule has 3 heteroatoms. The summed E-state index contributed by atoms with van der Waals surface area (Å²) in [6.45, 7) is 4.74. The lowest BCUT2D eigenvalue weighted by atomic mass is 10.2. The zero-order valence-corrected chi connectivity index (χ0v) is 11.3. The highest BCUT2D eigenvalue weighted by molar-refractivity contribution is 5.48. The number of ether oxygens (including phenoxy) is 1. The highest BCUT2D eigenvalue weighted by atomic mass is 16.5. The van der Waals surface area contributed by atoms with Crippen molar-refractivity contribution in [3.8, 4) is 11.5 Å². The molecule has 0 radical (unpaired) electrons. The van der Waals surface area contributed by atoms with Gasteiger partial charge in [0.15, 0.2) is 0 Å². The van der Waals surface area contributed by atoms with Crippen molar-refractivity contribution < 1.29 is 9.84 Å². The number of anilines is 1. The molecule has 0 aliphatic carbocycles. The number of hydrogen-bond donors (Lipinski definition) is 2. The third-order valence-electron chi connectivity index (χ3n) is 2.64. The van der Waals surface area contributed by atoms with Gasteiger partial charge < -0.3 is 15.2 Å². The van der Waals surface area contributed by atoms with Crippen molar-refractivity contribution in [2.75, 3.05) is 5.32 Å². The van der Waals surface area contributed by atoms with E-state index >= 15 is 0 Å². The van der Waals surface area contributed by atoms with Gasteiger partial charge in [-0.25, -0.2) is 0 Å². The van der Waals surface area contributed by atoms with Crippen LogP contribution in [0.4, 0.5) is 5.69 Å². The fraction of sp³-hybridized carbons (Fsp3) is 0.250. The molecule has 0 atom stereocenters. The second kappa shape index (κ2) is 6.14. The summed E-state index contributed by atoms with van der Waals surface area (Å²) in [4.78, 5) is 0. The topological polar surface area (TPSA) is 41.5 Å². The number of phenolic OH excluding ortho intramolecular Hbond substituents is 1. The van der Waals surface area contributed by atoms with Crippen molar-refractivity contribution in [3.63, 3.8) is 0 Å². The maximum absolute atomic E-state index is 9.37. The molecule has 0 saturated heterocycles. The summed E-state index contributed by atoms with van der Waals surface area (Å²) in [7, 11) is 0. The zero-order valence-electron chi connectivity index (χ0n) is 11.3. The van der Waals surface area contributed by atoms with Crippen molar-refractivity contribution in [3.05, 3.63) is 54.1 Å². The van der Waals surface area contributed by atoms with Gasteiger partial charge in [-0.3, -0.25) is 0 Å². The molecule has 0 aromatic heterocycles. The average molecular weight is 257 g/mol. The molecule has 0 amide bonds. The van der Waals surface area contributed by atoms with Gasteiger partial charge in [0.05, 0.1) is 6.10 Å². The predicted molar refractivity (Wildman–Crippen MR) is 77.6 cm³/mol. The summed E-state index contributed by atoms with van der Waals surface area (Å²) >= 11 is 0. The summed E-state index contributed by atoms with van der Waals surface area (Å²) in [6.07, 6.45) is 0.191. The van der Waals surface area contributed by atoms with Gasteiger partial charge in [-0.15, -0.1) is 0 Å². The first-order chi connectivity index (χ1) is 9.13. The Morgan fingerprint density at radius 3 is 2.47 bits per heavy atom. The standard InChI is InChI=1S/C16H19NO2/c1-12(2)19-16-8-6-13(7-9-16)11-17-14-4-3-5-15(18)10-14/h3-10,12,17-18H,11H2,1-2H3. The molecule has 2 rings (SSSR count). The summed E-state index contributed by atoms with van der Waals surface area (Å²) in [5.74, 6) is 1.15. The molecular weight excluding hydrogens is 238 g/mol. The third-order valence-corrected chi connectivity index (χ3v) is 2.64. The molecule has 2 aromatic rings. The summed E-state index contributed by atoms with van der Waals surface area (Å²) in [5.41, 5.74) is 2.07. The van der Waals surface area contributed by atoms with E-state index in [9.17, 15) is 5.11 Å². The van der Waals surface area contributed by atoms with E-state index in [4.69, 9.17) is 4.74 Å². The highest BCUT2D eigenvalue weighted by Crippen LogP contribution is 2.18. The molecule has 0 aliphatic heterocycles. The normalized spacial score (nSPS) is 10.5. The Hall–Kier alpha value is -2.16. The Bertz CT molecular complexity index is 521. The molecule has 2 aromatic carbocycles. The quantitative estimate of drug-likeness (QED) is 0.856.